The molecule has 0 radical (unpaired) electrons. The summed E-state index contributed by atoms with van der Waals surface area (Å²) in [7, 11) is 1.70. The summed E-state index contributed by atoms with van der Waals surface area (Å²) >= 11 is 0. The van der Waals surface area contributed by atoms with Crippen LogP contribution in [-0.4, -0.2) is 38.5 Å². The number of esters is 1. The van der Waals surface area contributed by atoms with Crippen molar-refractivity contribution in [3.63, 3.8) is 0 Å². The number of aromatic nitrogens is 3. The summed E-state index contributed by atoms with van der Waals surface area (Å²) < 4.78 is 8.74. The van der Waals surface area contributed by atoms with Crippen molar-refractivity contribution in [1.29, 1.82) is 0 Å². The lowest BCUT2D eigenvalue weighted by Crippen LogP contribution is -2.22. The second-order valence-corrected chi connectivity index (χ2v) is 8.29. The van der Waals surface area contributed by atoms with Gasteiger partial charge in [0.2, 0.25) is 5.78 Å². The highest BCUT2D eigenvalue weighted by Crippen LogP contribution is 2.23. The van der Waals surface area contributed by atoms with E-state index >= 15 is 0 Å². The minimum atomic E-state index is -1.04. The Morgan fingerprint density at radius 3 is 2.45 bits per heavy atom. The molecule has 0 bridgehead atoms. The van der Waals surface area contributed by atoms with Crippen molar-refractivity contribution in [1.82, 2.24) is 14.3 Å². The molecule has 7 nitrogen and oxygen atoms in total. The van der Waals surface area contributed by atoms with Gasteiger partial charge in [0.15, 0.2) is 6.61 Å². The fourth-order valence-electron chi connectivity index (χ4n) is 4.29. The molecule has 7 heteroatoms. The van der Waals surface area contributed by atoms with Gasteiger partial charge in [-0.2, -0.15) is 5.10 Å². The van der Waals surface area contributed by atoms with Gasteiger partial charge in [-0.25, -0.2) is 4.79 Å². The number of hydrogen-bond acceptors (Lipinski definition) is 5. The molecule has 0 saturated heterocycles. The Morgan fingerprint density at radius 2 is 1.84 bits per heavy atom. The van der Waals surface area contributed by atoms with Gasteiger partial charge in [-0.3, -0.25) is 14.3 Å². The average Bonchev–Trinajstić information content (AvgIpc) is 3.18. The van der Waals surface area contributed by atoms with Crippen LogP contribution in [0.2, 0.25) is 0 Å². The molecule has 0 spiro atoms. The summed E-state index contributed by atoms with van der Waals surface area (Å²) in [6.07, 6.45) is 8.16. The van der Waals surface area contributed by atoms with E-state index in [0.717, 1.165) is 37.2 Å². The molecular formula is C24H31N3O4. The molecule has 2 aromatic heterocycles. The highest BCUT2D eigenvalue weighted by molar-refractivity contribution is 6.41. The number of ether oxygens (including phenoxy) is 1. The van der Waals surface area contributed by atoms with Gasteiger partial charge in [-0.1, -0.05) is 11.6 Å². The molecule has 0 aromatic carbocycles. The summed E-state index contributed by atoms with van der Waals surface area (Å²) in [6.45, 7) is 7.63. The van der Waals surface area contributed by atoms with Gasteiger partial charge in [-0.15, -0.1) is 0 Å². The monoisotopic (exact) mass is 425 g/mol. The number of carbonyl (C=O) groups is 3. The van der Waals surface area contributed by atoms with Crippen LogP contribution in [0.5, 0.6) is 0 Å². The van der Waals surface area contributed by atoms with E-state index in [4.69, 9.17) is 4.74 Å². The summed E-state index contributed by atoms with van der Waals surface area (Å²) in [4.78, 5) is 37.4. The first kappa shape index (κ1) is 22.7. The van der Waals surface area contributed by atoms with Gasteiger partial charge < -0.3 is 9.30 Å². The standard InChI is InChI=1S/C24H31N3O4/c1-15-13-20(17(3)27(15)12-11-19-9-7-6-8-10-19)21(28)14-31-24(30)23(29)22-16(2)25-26(5)18(22)4/h9,13H,6-8,10-12,14H2,1-5H3. The third-order valence-corrected chi connectivity index (χ3v) is 6.17. The fourth-order valence-corrected chi connectivity index (χ4v) is 4.29. The topological polar surface area (TPSA) is 83.2 Å². The molecule has 1 aliphatic carbocycles. The second kappa shape index (κ2) is 9.45. The number of hydrogen-bond donors (Lipinski definition) is 0. The Balaban J connectivity index is 1.63. The van der Waals surface area contributed by atoms with E-state index in [1.165, 1.54) is 18.4 Å². The van der Waals surface area contributed by atoms with E-state index in [9.17, 15) is 14.4 Å². The maximum Gasteiger partial charge on any atom is 0.380 e. The molecule has 0 unspecified atom stereocenters. The molecule has 3 rings (SSSR count). The molecule has 2 heterocycles. The second-order valence-electron chi connectivity index (χ2n) is 8.29. The lowest BCUT2D eigenvalue weighted by Gasteiger charge is -2.15. The van der Waals surface area contributed by atoms with Crippen molar-refractivity contribution in [2.75, 3.05) is 6.61 Å². The van der Waals surface area contributed by atoms with Crippen LogP contribution in [0, 0.1) is 27.7 Å². The zero-order chi connectivity index (χ0) is 22.7. The summed E-state index contributed by atoms with van der Waals surface area (Å²) in [5.74, 6) is -2.12. The predicted molar refractivity (Wildman–Crippen MR) is 117 cm³/mol. The minimum Gasteiger partial charge on any atom is -0.451 e. The number of rotatable bonds is 8. The van der Waals surface area contributed by atoms with Crippen LogP contribution >= 0.6 is 0 Å². The van der Waals surface area contributed by atoms with E-state index in [-0.39, 0.29) is 11.3 Å². The van der Waals surface area contributed by atoms with Gasteiger partial charge in [0.05, 0.1) is 11.3 Å². The third kappa shape index (κ3) is 4.86. The highest BCUT2D eigenvalue weighted by Gasteiger charge is 2.26. The smallest absolute Gasteiger partial charge is 0.380 e. The highest BCUT2D eigenvalue weighted by atomic mass is 16.5. The Kier molecular flexibility index (Phi) is 6.93. The molecule has 0 atom stereocenters. The van der Waals surface area contributed by atoms with E-state index in [0.29, 0.717) is 17.0 Å². The lowest BCUT2D eigenvalue weighted by molar-refractivity contribution is -0.137. The molecule has 0 amide bonds. The first-order valence-corrected chi connectivity index (χ1v) is 10.8. The summed E-state index contributed by atoms with van der Waals surface area (Å²) in [6, 6.07) is 1.83. The van der Waals surface area contributed by atoms with Crippen molar-refractivity contribution in [2.45, 2.75) is 66.3 Å². The van der Waals surface area contributed by atoms with Gasteiger partial charge >= 0.3 is 5.97 Å². The Labute approximate surface area is 183 Å². The number of ketones is 2. The van der Waals surface area contributed by atoms with Crippen molar-refractivity contribution in [3.8, 4) is 0 Å². The van der Waals surface area contributed by atoms with Crippen LogP contribution in [0.3, 0.4) is 0 Å². The van der Waals surface area contributed by atoms with Crippen LogP contribution < -0.4 is 0 Å². The first-order valence-electron chi connectivity index (χ1n) is 10.8. The van der Waals surface area contributed by atoms with Crippen LogP contribution in [0.25, 0.3) is 0 Å². The minimum absolute atomic E-state index is 0.232. The van der Waals surface area contributed by atoms with E-state index in [1.807, 2.05) is 19.9 Å². The van der Waals surface area contributed by atoms with Gasteiger partial charge in [0.25, 0.3) is 5.78 Å². The van der Waals surface area contributed by atoms with Crippen molar-refractivity contribution < 1.29 is 19.1 Å². The number of carbonyl (C=O) groups excluding carboxylic acids is 3. The Morgan fingerprint density at radius 1 is 1.10 bits per heavy atom. The predicted octanol–water partition coefficient (Wildman–Crippen LogP) is 3.95. The SMILES string of the molecule is Cc1nn(C)c(C)c1C(=O)C(=O)OCC(=O)c1cc(C)n(CCC2=CCCCC2)c1C. The lowest BCUT2D eigenvalue weighted by atomic mass is 9.97. The Bertz CT molecular complexity index is 1060. The van der Waals surface area contributed by atoms with Crippen LogP contribution in [0.4, 0.5) is 0 Å². The normalized spacial score (nSPS) is 13.8. The zero-order valence-corrected chi connectivity index (χ0v) is 19.1. The van der Waals surface area contributed by atoms with Crippen LogP contribution in [-0.2, 0) is 23.1 Å². The fraction of sp³-hybridized carbons (Fsp3) is 0.500. The molecule has 2 aromatic rings. The van der Waals surface area contributed by atoms with Crippen molar-refractivity contribution in [2.24, 2.45) is 7.05 Å². The van der Waals surface area contributed by atoms with Gasteiger partial charge in [0.1, 0.15) is 0 Å². The van der Waals surface area contributed by atoms with E-state index in [1.54, 1.807) is 25.6 Å². The molecule has 166 valence electrons. The average molecular weight is 426 g/mol. The summed E-state index contributed by atoms with van der Waals surface area (Å²) in [5.41, 5.74) is 5.16. The molecule has 0 saturated carbocycles. The molecule has 0 aliphatic heterocycles. The summed E-state index contributed by atoms with van der Waals surface area (Å²) in [5, 5.41) is 4.15. The zero-order valence-electron chi connectivity index (χ0n) is 19.1. The van der Waals surface area contributed by atoms with Crippen molar-refractivity contribution >= 4 is 17.5 Å². The molecule has 31 heavy (non-hydrogen) atoms. The largest absolute Gasteiger partial charge is 0.451 e. The molecule has 0 N–H and O–H groups in total. The molecule has 0 fully saturated rings. The van der Waals surface area contributed by atoms with Gasteiger partial charge in [0, 0.05) is 36.2 Å². The third-order valence-electron chi connectivity index (χ3n) is 6.17. The number of allylic oxidation sites excluding steroid dienone is 2. The number of nitrogens with zero attached hydrogens (tertiary/aromatic N) is 3. The maximum absolute atomic E-state index is 12.7. The quantitative estimate of drug-likeness (QED) is 0.277. The first-order chi connectivity index (χ1) is 14.7. The Hall–Kier alpha value is -2.96. The van der Waals surface area contributed by atoms with Gasteiger partial charge in [-0.05, 0) is 65.9 Å². The van der Waals surface area contributed by atoms with Crippen LogP contribution in [0.1, 0.15) is 75.6 Å². The number of aryl methyl sites for hydroxylation is 3. The number of Topliss-reactive ketones (excluding diaryl/α,β-unsaturated/α-hetero) is 2. The van der Waals surface area contributed by atoms with E-state index < -0.39 is 18.4 Å². The van der Waals surface area contributed by atoms with Crippen molar-refractivity contribution in [3.05, 3.63) is 51.6 Å². The van der Waals surface area contributed by atoms with E-state index in [2.05, 4.69) is 15.7 Å². The maximum atomic E-state index is 12.7. The molecule has 1 aliphatic rings. The molecular weight excluding hydrogens is 394 g/mol. The van der Waals surface area contributed by atoms with Crippen LogP contribution in [0.15, 0.2) is 17.7 Å².